The number of carbonyl (C=O) groups excluding carboxylic acids is 1. The van der Waals surface area contributed by atoms with Crippen molar-refractivity contribution >= 4 is 11.6 Å². The Morgan fingerprint density at radius 1 is 1.20 bits per heavy atom. The number of aromatic nitrogens is 2. The van der Waals surface area contributed by atoms with Crippen LogP contribution in [-0.2, 0) is 6.54 Å². The van der Waals surface area contributed by atoms with Gasteiger partial charge in [-0.25, -0.2) is 0 Å². The van der Waals surface area contributed by atoms with Gasteiger partial charge in [-0.05, 0) is 44.7 Å². The van der Waals surface area contributed by atoms with Gasteiger partial charge in [0, 0.05) is 12.2 Å². The summed E-state index contributed by atoms with van der Waals surface area (Å²) in [5, 5.41) is 13.9. The minimum Gasteiger partial charge on any atom is -0.322 e. The number of hydrogen-bond donors (Lipinski definition) is 2. The van der Waals surface area contributed by atoms with Gasteiger partial charge in [-0.2, -0.15) is 10.2 Å². The Bertz CT molecular complexity index is 625. The molecular formula is C15H18N4O. The lowest BCUT2D eigenvalue weighted by Gasteiger charge is -2.09. The fraction of sp³-hybridized carbons (Fsp3) is 0.267. The maximum atomic E-state index is 12.3. The second-order valence-electron chi connectivity index (χ2n) is 4.67. The molecule has 1 aromatic carbocycles. The number of nitrogens with one attached hydrogen (secondary N) is 2. The average Bonchev–Trinajstić information content (AvgIpc) is 2.42. The van der Waals surface area contributed by atoms with E-state index in [0.29, 0.717) is 11.3 Å². The van der Waals surface area contributed by atoms with Crippen LogP contribution in [-0.4, -0.2) is 23.2 Å². The average molecular weight is 270 g/mol. The minimum atomic E-state index is -0.165. The van der Waals surface area contributed by atoms with Crippen molar-refractivity contribution < 1.29 is 4.79 Å². The number of aryl methyl sites for hydroxylation is 2. The van der Waals surface area contributed by atoms with Crippen molar-refractivity contribution in [1.82, 2.24) is 15.5 Å². The molecule has 0 radical (unpaired) electrons. The molecule has 0 saturated carbocycles. The summed E-state index contributed by atoms with van der Waals surface area (Å²) >= 11 is 0. The molecule has 5 heteroatoms. The number of benzene rings is 1. The first-order valence-corrected chi connectivity index (χ1v) is 6.46. The summed E-state index contributed by atoms with van der Waals surface area (Å²) in [6, 6.07) is 9.49. The number of carbonyl (C=O) groups is 1. The zero-order chi connectivity index (χ0) is 14.5. The van der Waals surface area contributed by atoms with Crippen LogP contribution >= 0.6 is 0 Å². The predicted molar refractivity (Wildman–Crippen MR) is 78.7 cm³/mol. The third-order valence-electron chi connectivity index (χ3n) is 2.91. The normalized spacial score (nSPS) is 10.3. The van der Waals surface area contributed by atoms with Crippen LogP contribution in [0.3, 0.4) is 0 Å². The Hall–Kier alpha value is -2.27. The molecular weight excluding hydrogens is 252 g/mol. The van der Waals surface area contributed by atoms with E-state index in [9.17, 15) is 4.79 Å². The van der Waals surface area contributed by atoms with Gasteiger partial charge in [0.2, 0.25) is 0 Å². The van der Waals surface area contributed by atoms with E-state index >= 15 is 0 Å². The number of anilines is 1. The molecule has 0 saturated heterocycles. The van der Waals surface area contributed by atoms with Crippen LogP contribution in [0.25, 0.3) is 0 Å². The molecule has 0 fully saturated rings. The van der Waals surface area contributed by atoms with Gasteiger partial charge in [-0.1, -0.05) is 12.1 Å². The summed E-state index contributed by atoms with van der Waals surface area (Å²) in [7, 11) is 1.89. The fourth-order valence-electron chi connectivity index (χ4n) is 1.94. The maximum absolute atomic E-state index is 12.3. The molecule has 0 bridgehead atoms. The van der Waals surface area contributed by atoms with Crippen molar-refractivity contribution in [2.24, 2.45) is 0 Å². The molecule has 1 aromatic heterocycles. The molecule has 104 valence electrons. The maximum Gasteiger partial charge on any atom is 0.257 e. The largest absolute Gasteiger partial charge is 0.322 e. The van der Waals surface area contributed by atoms with Crippen LogP contribution in [0.5, 0.6) is 0 Å². The lowest BCUT2D eigenvalue weighted by Crippen LogP contribution is -2.15. The topological polar surface area (TPSA) is 66.9 Å². The van der Waals surface area contributed by atoms with Crippen molar-refractivity contribution in [3.05, 3.63) is 52.8 Å². The van der Waals surface area contributed by atoms with Crippen LogP contribution in [0.4, 0.5) is 5.69 Å². The van der Waals surface area contributed by atoms with Crippen LogP contribution < -0.4 is 10.6 Å². The first-order chi connectivity index (χ1) is 9.60. The molecule has 5 nitrogen and oxygen atoms in total. The van der Waals surface area contributed by atoms with Gasteiger partial charge in [0.15, 0.2) is 0 Å². The molecule has 0 atom stereocenters. The molecule has 0 spiro atoms. The highest BCUT2D eigenvalue weighted by Gasteiger charge is 2.11. The summed E-state index contributed by atoms with van der Waals surface area (Å²) in [4.78, 5) is 12.3. The second kappa shape index (κ2) is 6.25. The number of nitrogens with zero attached hydrogens (tertiary/aromatic N) is 2. The van der Waals surface area contributed by atoms with Gasteiger partial charge in [0.1, 0.15) is 0 Å². The minimum absolute atomic E-state index is 0.165. The number of rotatable bonds is 4. The van der Waals surface area contributed by atoms with Gasteiger partial charge in [0.05, 0.1) is 17.0 Å². The van der Waals surface area contributed by atoms with E-state index in [1.54, 1.807) is 13.0 Å². The van der Waals surface area contributed by atoms with Gasteiger partial charge >= 0.3 is 0 Å². The molecule has 20 heavy (non-hydrogen) atoms. The summed E-state index contributed by atoms with van der Waals surface area (Å²) in [5.74, 6) is -0.165. The summed E-state index contributed by atoms with van der Waals surface area (Å²) in [5.41, 5.74) is 3.79. The molecule has 0 unspecified atom stereocenters. The van der Waals surface area contributed by atoms with Crippen molar-refractivity contribution in [1.29, 1.82) is 0 Å². The Kier molecular flexibility index (Phi) is 4.42. The highest BCUT2D eigenvalue weighted by Crippen LogP contribution is 2.13. The molecule has 0 aliphatic carbocycles. The molecule has 2 N–H and O–H groups in total. The quantitative estimate of drug-likeness (QED) is 0.892. The number of hydrogen-bond acceptors (Lipinski definition) is 4. The predicted octanol–water partition coefficient (Wildman–Crippen LogP) is 2.07. The molecule has 2 aromatic rings. The summed E-state index contributed by atoms with van der Waals surface area (Å²) < 4.78 is 0. The van der Waals surface area contributed by atoms with Crippen molar-refractivity contribution in [2.45, 2.75) is 20.4 Å². The highest BCUT2D eigenvalue weighted by molar-refractivity contribution is 6.05. The lowest BCUT2D eigenvalue weighted by molar-refractivity contribution is 0.102. The van der Waals surface area contributed by atoms with Crippen molar-refractivity contribution in [3.8, 4) is 0 Å². The van der Waals surface area contributed by atoms with Crippen molar-refractivity contribution in [3.63, 3.8) is 0 Å². The lowest BCUT2D eigenvalue weighted by atomic mass is 10.1. The van der Waals surface area contributed by atoms with Crippen LogP contribution in [0.1, 0.15) is 27.3 Å². The van der Waals surface area contributed by atoms with E-state index in [-0.39, 0.29) is 5.91 Å². The van der Waals surface area contributed by atoms with Crippen molar-refractivity contribution in [2.75, 3.05) is 12.4 Å². The van der Waals surface area contributed by atoms with Crippen LogP contribution in [0.15, 0.2) is 30.3 Å². The van der Waals surface area contributed by atoms with E-state index in [1.807, 2.05) is 38.2 Å². The highest BCUT2D eigenvalue weighted by atomic mass is 16.1. The van der Waals surface area contributed by atoms with E-state index in [4.69, 9.17) is 0 Å². The molecule has 1 amide bonds. The Labute approximate surface area is 118 Å². The molecule has 1 heterocycles. The van der Waals surface area contributed by atoms with Crippen LogP contribution in [0.2, 0.25) is 0 Å². The van der Waals surface area contributed by atoms with Gasteiger partial charge in [-0.15, -0.1) is 0 Å². The Morgan fingerprint density at radius 3 is 2.75 bits per heavy atom. The van der Waals surface area contributed by atoms with E-state index in [0.717, 1.165) is 23.5 Å². The van der Waals surface area contributed by atoms with E-state index in [2.05, 4.69) is 20.8 Å². The third kappa shape index (κ3) is 3.39. The standard InChI is InChI=1S/C15H18N4O/c1-10-7-14(11(2)19-18-10)15(20)17-13-6-4-5-12(8-13)9-16-3/h4-8,16H,9H2,1-3H3,(H,17,20). The summed E-state index contributed by atoms with van der Waals surface area (Å²) in [6.45, 7) is 4.36. The van der Waals surface area contributed by atoms with E-state index < -0.39 is 0 Å². The Balaban J connectivity index is 2.19. The molecule has 0 aliphatic heterocycles. The zero-order valence-corrected chi connectivity index (χ0v) is 11.9. The first kappa shape index (κ1) is 14.1. The van der Waals surface area contributed by atoms with E-state index in [1.165, 1.54) is 0 Å². The SMILES string of the molecule is CNCc1cccc(NC(=O)c2cc(C)nnc2C)c1. The zero-order valence-electron chi connectivity index (χ0n) is 11.9. The smallest absolute Gasteiger partial charge is 0.257 e. The Morgan fingerprint density at radius 2 is 2.00 bits per heavy atom. The third-order valence-corrected chi connectivity index (χ3v) is 2.91. The van der Waals surface area contributed by atoms with Gasteiger partial charge in [0.25, 0.3) is 5.91 Å². The van der Waals surface area contributed by atoms with Gasteiger partial charge in [-0.3, -0.25) is 4.79 Å². The van der Waals surface area contributed by atoms with Crippen LogP contribution in [0, 0.1) is 13.8 Å². The summed E-state index contributed by atoms with van der Waals surface area (Å²) in [6.07, 6.45) is 0. The fourth-order valence-corrected chi connectivity index (χ4v) is 1.94. The monoisotopic (exact) mass is 270 g/mol. The second-order valence-corrected chi connectivity index (χ2v) is 4.67. The molecule has 2 rings (SSSR count). The number of amides is 1. The molecule has 0 aliphatic rings. The first-order valence-electron chi connectivity index (χ1n) is 6.46. The van der Waals surface area contributed by atoms with Gasteiger partial charge < -0.3 is 10.6 Å².